The lowest BCUT2D eigenvalue weighted by Gasteiger charge is -2.06. The fraction of sp³-hybridized carbons (Fsp3) is 0.176. The molecule has 1 aromatic carbocycles. The number of nitrogens with zero attached hydrogens (tertiary/aromatic N) is 1. The van der Waals surface area contributed by atoms with Crippen molar-refractivity contribution in [1.29, 1.82) is 0 Å². The van der Waals surface area contributed by atoms with Crippen molar-refractivity contribution in [3.63, 3.8) is 0 Å². The van der Waals surface area contributed by atoms with Gasteiger partial charge in [0.2, 0.25) is 0 Å². The van der Waals surface area contributed by atoms with Gasteiger partial charge in [0.25, 0.3) is 5.91 Å². The Kier molecular flexibility index (Phi) is 5.06. The third kappa shape index (κ3) is 4.13. The van der Waals surface area contributed by atoms with E-state index in [1.165, 1.54) is 0 Å². The van der Waals surface area contributed by atoms with Crippen molar-refractivity contribution in [3.8, 4) is 0 Å². The van der Waals surface area contributed by atoms with Gasteiger partial charge in [-0.1, -0.05) is 18.2 Å². The van der Waals surface area contributed by atoms with Gasteiger partial charge in [0.15, 0.2) is 0 Å². The first-order valence-electron chi connectivity index (χ1n) is 6.67. The molecule has 0 fully saturated rings. The molecule has 1 amide bonds. The van der Waals surface area contributed by atoms with Crippen molar-refractivity contribution in [2.24, 2.45) is 4.99 Å². The number of nitrogens with one attached hydrogen (secondary N) is 1. The third-order valence-corrected chi connectivity index (χ3v) is 3.89. The zero-order valence-electron chi connectivity index (χ0n) is 12.4. The number of amides is 1. The van der Waals surface area contributed by atoms with Crippen LogP contribution in [0.2, 0.25) is 0 Å². The highest BCUT2D eigenvalue weighted by Gasteiger charge is 2.08. The van der Waals surface area contributed by atoms with Crippen LogP contribution in [0, 0.1) is 6.92 Å². The predicted molar refractivity (Wildman–Crippen MR) is 90.3 cm³/mol. The fourth-order valence-electron chi connectivity index (χ4n) is 1.89. The number of hydrogen-bond donors (Lipinski definition) is 1. The molecule has 2 rings (SSSR count). The van der Waals surface area contributed by atoms with Crippen LogP contribution in [0.5, 0.6) is 0 Å². The summed E-state index contributed by atoms with van der Waals surface area (Å²) in [5.74, 6) is -0.113. The molecule has 3 nitrogen and oxygen atoms in total. The standard InChI is InChI=1S/C17H18N2OS/c1-12-6-4-7-14(10-12)19-17(20)13(2)11-15(18-3)16-8-5-9-21-16/h4-11H,1-3H3,(H,19,20)/b13-11+,18-15?. The van der Waals surface area contributed by atoms with E-state index >= 15 is 0 Å². The number of hydrogen-bond acceptors (Lipinski definition) is 3. The largest absolute Gasteiger partial charge is 0.322 e. The van der Waals surface area contributed by atoms with Crippen LogP contribution in [0.15, 0.2) is 58.4 Å². The van der Waals surface area contributed by atoms with Gasteiger partial charge in [0.05, 0.1) is 10.6 Å². The Morgan fingerprint density at radius 3 is 2.71 bits per heavy atom. The number of carbonyl (C=O) groups excluding carboxylic acids is 1. The first kappa shape index (κ1) is 15.2. The summed E-state index contributed by atoms with van der Waals surface area (Å²) in [6.45, 7) is 3.79. The molecular formula is C17H18N2OS. The van der Waals surface area contributed by atoms with E-state index < -0.39 is 0 Å². The minimum absolute atomic E-state index is 0.113. The maximum absolute atomic E-state index is 12.2. The average Bonchev–Trinajstić information content (AvgIpc) is 2.98. The second kappa shape index (κ2) is 6.99. The summed E-state index contributed by atoms with van der Waals surface area (Å²) in [7, 11) is 1.73. The summed E-state index contributed by atoms with van der Waals surface area (Å²) >= 11 is 1.61. The molecule has 21 heavy (non-hydrogen) atoms. The van der Waals surface area contributed by atoms with Crippen LogP contribution >= 0.6 is 11.3 Å². The number of carbonyl (C=O) groups is 1. The molecule has 0 atom stereocenters. The lowest BCUT2D eigenvalue weighted by molar-refractivity contribution is -0.112. The minimum atomic E-state index is -0.113. The zero-order valence-corrected chi connectivity index (χ0v) is 13.2. The Balaban J connectivity index is 2.13. The summed E-state index contributed by atoms with van der Waals surface area (Å²) in [5, 5.41) is 4.89. The molecule has 0 aliphatic carbocycles. The van der Waals surface area contributed by atoms with Gasteiger partial charge in [-0.2, -0.15) is 0 Å². The number of rotatable bonds is 4. The molecule has 0 saturated heterocycles. The van der Waals surface area contributed by atoms with E-state index in [-0.39, 0.29) is 5.91 Å². The maximum atomic E-state index is 12.2. The molecule has 0 unspecified atom stereocenters. The van der Waals surface area contributed by atoms with E-state index in [1.54, 1.807) is 25.3 Å². The lowest BCUT2D eigenvalue weighted by atomic mass is 10.1. The van der Waals surface area contributed by atoms with E-state index in [4.69, 9.17) is 0 Å². The maximum Gasteiger partial charge on any atom is 0.251 e. The quantitative estimate of drug-likeness (QED) is 0.671. The van der Waals surface area contributed by atoms with Crippen LogP contribution in [-0.2, 0) is 4.79 Å². The Labute approximate surface area is 129 Å². The number of thiophene rings is 1. The van der Waals surface area contributed by atoms with Crippen molar-refractivity contribution in [2.75, 3.05) is 12.4 Å². The second-order valence-corrected chi connectivity index (χ2v) is 5.68. The predicted octanol–water partition coefficient (Wildman–Crippen LogP) is 4.06. The molecule has 0 aliphatic rings. The zero-order chi connectivity index (χ0) is 15.2. The summed E-state index contributed by atoms with van der Waals surface area (Å²) in [6.07, 6.45) is 1.82. The smallest absolute Gasteiger partial charge is 0.251 e. The molecule has 0 radical (unpaired) electrons. The molecule has 0 aliphatic heterocycles. The SMILES string of the molecule is CN=C(/C=C(\C)C(=O)Nc1cccc(C)c1)c1cccs1. The molecule has 0 bridgehead atoms. The van der Waals surface area contributed by atoms with E-state index in [0.29, 0.717) is 5.57 Å². The topological polar surface area (TPSA) is 41.5 Å². The van der Waals surface area contributed by atoms with Crippen molar-refractivity contribution < 1.29 is 4.79 Å². The van der Waals surface area contributed by atoms with E-state index in [9.17, 15) is 4.79 Å². The number of benzene rings is 1. The third-order valence-electron chi connectivity index (χ3n) is 3.00. The minimum Gasteiger partial charge on any atom is -0.322 e. The Hall–Kier alpha value is -2.20. The van der Waals surface area contributed by atoms with Gasteiger partial charge in [-0.3, -0.25) is 9.79 Å². The van der Waals surface area contributed by atoms with Crippen LogP contribution in [-0.4, -0.2) is 18.7 Å². The molecule has 4 heteroatoms. The van der Waals surface area contributed by atoms with Gasteiger partial charge in [0, 0.05) is 18.3 Å². The van der Waals surface area contributed by atoms with Crippen LogP contribution in [0.1, 0.15) is 17.4 Å². The number of anilines is 1. The molecule has 108 valence electrons. The number of allylic oxidation sites excluding steroid dienone is 1. The van der Waals surface area contributed by atoms with Crippen LogP contribution in [0.3, 0.4) is 0 Å². The fourth-order valence-corrected chi connectivity index (χ4v) is 2.63. The van der Waals surface area contributed by atoms with E-state index in [1.807, 2.05) is 54.8 Å². The Morgan fingerprint density at radius 1 is 1.29 bits per heavy atom. The first-order chi connectivity index (χ1) is 10.1. The molecule has 0 spiro atoms. The Morgan fingerprint density at radius 2 is 2.10 bits per heavy atom. The summed E-state index contributed by atoms with van der Waals surface area (Å²) in [6, 6.07) is 11.7. The highest BCUT2D eigenvalue weighted by Crippen LogP contribution is 2.14. The lowest BCUT2D eigenvalue weighted by Crippen LogP contribution is -2.14. The molecular weight excluding hydrogens is 280 g/mol. The number of aliphatic imine (C=N–C) groups is 1. The van der Waals surface area contributed by atoms with Crippen molar-refractivity contribution in [3.05, 3.63) is 63.9 Å². The van der Waals surface area contributed by atoms with Crippen molar-refractivity contribution in [2.45, 2.75) is 13.8 Å². The summed E-state index contributed by atoms with van der Waals surface area (Å²) in [5.41, 5.74) is 3.37. The van der Waals surface area contributed by atoms with Gasteiger partial charge in [-0.15, -0.1) is 11.3 Å². The number of aryl methyl sites for hydroxylation is 1. The summed E-state index contributed by atoms with van der Waals surface area (Å²) < 4.78 is 0. The summed E-state index contributed by atoms with van der Waals surface area (Å²) in [4.78, 5) is 17.5. The molecule has 1 aromatic heterocycles. The van der Waals surface area contributed by atoms with Gasteiger partial charge < -0.3 is 5.32 Å². The normalized spacial score (nSPS) is 12.3. The van der Waals surface area contributed by atoms with Crippen LogP contribution < -0.4 is 5.32 Å². The van der Waals surface area contributed by atoms with E-state index in [0.717, 1.165) is 21.8 Å². The van der Waals surface area contributed by atoms with Gasteiger partial charge >= 0.3 is 0 Å². The monoisotopic (exact) mass is 298 g/mol. The van der Waals surface area contributed by atoms with Crippen LogP contribution in [0.4, 0.5) is 5.69 Å². The molecule has 1 N–H and O–H groups in total. The molecule has 2 aromatic rings. The second-order valence-electron chi connectivity index (χ2n) is 4.74. The van der Waals surface area contributed by atoms with Crippen molar-refractivity contribution >= 4 is 28.6 Å². The highest BCUT2D eigenvalue weighted by atomic mass is 32.1. The van der Waals surface area contributed by atoms with Crippen molar-refractivity contribution in [1.82, 2.24) is 0 Å². The van der Waals surface area contributed by atoms with Crippen LogP contribution in [0.25, 0.3) is 0 Å². The Bertz CT molecular complexity index is 685. The van der Waals surface area contributed by atoms with Gasteiger partial charge in [0.1, 0.15) is 0 Å². The highest BCUT2D eigenvalue weighted by molar-refractivity contribution is 7.12. The van der Waals surface area contributed by atoms with Gasteiger partial charge in [-0.05, 0) is 49.1 Å². The van der Waals surface area contributed by atoms with Gasteiger partial charge in [-0.25, -0.2) is 0 Å². The van der Waals surface area contributed by atoms with E-state index in [2.05, 4.69) is 10.3 Å². The average molecular weight is 298 g/mol. The first-order valence-corrected chi connectivity index (χ1v) is 7.55. The molecule has 0 saturated carbocycles. The molecule has 1 heterocycles.